The van der Waals surface area contributed by atoms with E-state index in [4.69, 9.17) is 0 Å². The maximum Gasteiger partial charge on any atom is 0.271 e. The van der Waals surface area contributed by atoms with Gasteiger partial charge in [-0.3, -0.25) is 9.59 Å². The van der Waals surface area contributed by atoms with Crippen molar-refractivity contribution in [1.29, 1.82) is 0 Å². The molecule has 0 spiro atoms. The molecule has 5 heteroatoms. The number of hydrogen-bond donors (Lipinski definition) is 2. The number of amides is 2. The molecule has 0 aliphatic rings. The number of aryl methyl sites for hydroxylation is 1. The summed E-state index contributed by atoms with van der Waals surface area (Å²) in [5.74, 6) is -0.493. The Morgan fingerprint density at radius 3 is 2.32 bits per heavy atom. The molecule has 0 aromatic heterocycles. The average Bonchev–Trinajstić information content (AvgIpc) is 2.72. The van der Waals surface area contributed by atoms with Crippen molar-refractivity contribution >= 4 is 23.7 Å². The zero-order valence-electron chi connectivity index (χ0n) is 15.6. The van der Waals surface area contributed by atoms with Crippen LogP contribution in [0.3, 0.4) is 0 Å². The highest BCUT2D eigenvalue weighted by Crippen LogP contribution is 2.12. The van der Waals surface area contributed by atoms with E-state index in [1.54, 1.807) is 36.5 Å². The fraction of sp³-hybridized carbons (Fsp3) is 0.0870. The highest BCUT2D eigenvalue weighted by Gasteiger charge is 2.08. The van der Waals surface area contributed by atoms with Crippen LogP contribution in [0.4, 0.5) is 5.69 Å². The predicted molar refractivity (Wildman–Crippen MR) is 112 cm³/mol. The summed E-state index contributed by atoms with van der Waals surface area (Å²) in [6.07, 6.45) is 2.30. The standard InChI is InChI=1S/C23H21N3O2/c1-17-6-5-9-20(16-17)22(27)25-21-12-10-19(11-13-21)23(28)26-24-15-14-18-7-3-2-4-8-18/h2-13,15-16H,14H2,1H3,(H,25,27)(H,26,28)/b24-15+. The van der Waals surface area contributed by atoms with Crippen molar-refractivity contribution in [3.05, 3.63) is 101 Å². The number of carbonyl (C=O) groups is 2. The van der Waals surface area contributed by atoms with E-state index in [9.17, 15) is 9.59 Å². The van der Waals surface area contributed by atoms with Gasteiger partial charge in [0.15, 0.2) is 0 Å². The van der Waals surface area contributed by atoms with E-state index in [1.165, 1.54) is 0 Å². The number of nitrogens with one attached hydrogen (secondary N) is 2. The summed E-state index contributed by atoms with van der Waals surface area (Å²) < 4.78 is 0. The van der Waals surface area contributed by atoms with Crippen LogP contribution in [0.15, 0.2) is 84.0 Å². The van der Waals surface area contributed by atoms with Gasteiger partial charge in [-0.2, -0.15) is 5.10 Å². The van der Waals surface area contributed by atoms with Gasteiger partial charge in [0, 0.05) is 29.4 Å². The highest BCUT2D eigenvalue weighted by molar-refractivity contribution is 6.04. The summed E-state index contributed by atoms with van der Waals surface area (Å²) in [7, 11) is 0. The number of nitrogens with zero attached hydrogens (tertiary/aromatic N) is 1. The molecule has 3 aromatic carbocycles. The minimum atomic E-state index is -0.305. The number of hydrogen-bond acceptors (Lipinski definition) is 3. The van der Waals surface area contributed by atoms with Crippen molar-refractivity contribution in [2.75, 3.05) is 5.32 Å². The normalized spacial score (nSPS) is 10.6. The number of carbonyl (C=O) groups excluding carboxylic acids is 2. The first-order chi connectivity index (χ1) is 13.6. The van der Waals surface area contributed by atoms with Crippen molar-refractivity contribution in [2.45, 2.75) is 13.3 Å². The molecule has 0 saturated heterocycles. The van der Waals surface area contributed by atoms with Crippen LogP contribution < -0.4 is 10.7 Å². The van der Waals surface area contributed by atoms with Crippen molar-refractivity contribution < 1.29 is 9.59 Å². The Labute approximate surface area is 164 Å². The molecule has 0 aliphatic heterocycles. The van der Waals surface area contributed by atoms with E-state index in [1.807, 2.05) is 55.5 Å². The van der Waals surface area contributed by atoms with Crippen molar-refractivity contribution in [3.63, 3.8) is 0 Å². The Bertz CT molecular complexity index is 980. The molecular weight excluding hydrogens is 350 g/mol. The second-order valence-electron chi connectivity index (χ2n) is 6.34. The Hall–Kier alpha value is -3.73. The summed E-state index contributed by atoms with van der Waals surface area (Å²) in [5.41, 5.74) is 6.32. The lowest BCUT2D eigenvalue weighted by atomic mass is 10.1. The fourth-order valence-corrected chi connectivity index (χ4v) is 2.63. The quantitative estimate of drug-likeness (QED) is 0.503. The van der Waals surface area contributed by atoms with E-state index in [2.05, 4.69) is 15.8 Å². The van der Waals surface area contributed by atoms with Gasteiger partial charge in [-0.05, 0) is 48.9 Å². The van der Waals surface area contributed by atoms with Crippen LogP contribution in [-0.4, -0.2) is 18.0 Å². The Balaban J connectivity index is 1.53. The number of anilines is 1. The molecule has 2 N–H and O–H groups in total. The first kappa shape index (κ1) is 19.0. The number of hydrazone groups is 1. The molecule has 5 nitrogen and oxygen atoms in total. The molecule has 0 radical (unpaired) electrons. The van der Waals surface area contributed by atoms with Gasteiger partial charge in [0.05, 0.1) is 0 Å². The largest absolute Gasteiger partial charge is 0.322 e. The number of benzene rings is 3. The second-order valence-corrected chi connectivity index (χ2v) is 6.34. The van der Waals surface area contributed by atoms with Gasteiger partial charge in [-0.15, -0.1) is 0 Å². The van der Waals surface area contributed by atoms with E-state index in [0.29, 0.717) is 23.2 Å². The van der Waals surface area contributed by atoms with Gasteiger partial charge < -0.3 is 5.32 Å². The molecule has 0 saturated carbocycles. The first-order valence-electron chi connectivity index (χ1n) is 8.96. The summed E-state index contributed by atoms with van der Waals surface area (Å²) >= 11 is 0. The van der Waals surface area contributed by atoms with E-state index in [0.717, 1.165) is 11.1 Å². The lowest BCUT2D eigenvalue weighted by Gasteiger charge is -2.07. The Morgan fingerprint density at radius 2 is 1.61 bits per heavy atom. The van der Waals surface area contributed by atoms with Crippen LogP contribution in [0.5, 0.6) is 0 Å². The summed E-state index contributed by atoms with van der Waals surface area (Å²) in [4.78, 5) is 24.4. The van der Waals surface area contributed by atoms with Crippen molar-refractivity contribution in [1.82, 2.24) is 5.43 Å². The molecule has 2 amide bonds. The zero-order valence-corrected chi connectivity index (χ0v) is 15.6. The molecule has 0 unspecified atom stereocenters. The smallest absolute Gasteiger partial charge is 0.271 e. The van der Waals surface area contributed by atoms with E-state index in [-0.39, 0.29) is 11.8 Å². The van der Waals surface area contributed by atoms with Crippen molar-refractivity contribution in [2.24, 2.45) is 5.10 Å². The first-order valence-corrected chi connectivity index (χ1v) is 8.96. The number of rotatable bonds is 6. The van der Waals surface area contributed by atoms with E-state index < -0.39 is 0 Å². The summed E-state index contributed by atoms with van der Waals surface area (Å²) in [6.45, 7) is 1.94. The molecule has 0 heterocycles. The molecule has 3 aromatic rings. The Morgan fingerprint density at radius 1 is 0.857 bits per heavy atom. The average molecular weight is 371 g/mol. The third-order valence-electron chi connectivity index (χ3n) is 4.11. The third-order valence-corrected chi connectivity index (χ3v) is 4.11. The lowest BCUT2D eigenvalue weighted by molar-refractivity contribution is 0.0954. The molecule has 0 atom stereocenters. The fourth-order valence-electron chi connectivity index (χ4n) is 2.63. The van der Waals surface area contributed by atoms with Crippen LogP contribution in [0.1, 0.15) is 31.8 Å². The van der Waals surface area contributed by atoms with Gasteiger partial charge in [0.25, 0.3) is 11.8 Å². The molecular formula is C23H21N3O2. The predicted octanol–water partition coefficient (Wildman–Crippen LogP) is 4.21. The summed E-state index contributed by atoms with van der Waals surface area (Å²) in [5, 5.41) is 6.79. The highest BCUT2D eigenvalue weighted by atomic mass is 16.2. The molecule has 28 heavy (non-hydrogen) atoms. The topological polar surface area (TPSA) is 70.6 Å². The Kier molecular flexibility index (Phi) is 6.31. The van der Waals surface area contributed by atoms with Crippen molar-refractivity contribution in [3.8, 4) is 0 Å². The monoisotopic (exact) mass is 371 g/mol. The molecule has 0 aliphatic carbocycles. The zero-order chi connectivity index (χ0) is 19.8. The van der Waals surface area contributed by atoms with Gasteiger partial charge in [0.1, 0.15) is 0 Å². The van der Waals surface area contributed by atoms with Crippen LogP contribution in [0.2, 0.25) is 0 Å². The lowest BCUT2D eigenvalue weighted by Crippen LogP contribution is -2.18. The minimum absolute atomic E-state index is 0.189. The third kappa shape index (κ3) is 5.38. The second kappa shape index (κ2) is 9.28. The van der Waals surface area contributed by atoms with Crippen LogP contribution >= 0.6 is 0 Å². The molecule has 3 rings (SSSR count). The molecule has 0 fully saturated rings. The van der Waals surface area contributed by atoms with Crippen LogP contribution in [0.25, 0.3) is 0 Å². The molecule has 140 valence electrons. The van der Waals surface area contributed by atoms with Gasteiger partial charge in [-0.25, -0.2) is 5.43 Å². The maximum atomic E-state index is 12.3. The van der Waals surface area contributed by atoms with E-state index >= 15 is 0 Å². The molecule has 0 bridgehead atoms. The minimum Gasteiger partial charge on any atom is -0.322 e. The summed E-state index contributed by atoms with van der Waals surface area (Å²) in [6, 6.07) is 23.9. The van der Waals surface area contributed by atoms with Gasteiger partial charge in [-0.1, -0.05) is 48.0 Å². The van der Waals surface area contributed by atoms with Crippen LogP contribution in [-0.2, 0) is 6.42 Å². The van der Waals surface area contributed by atoms with Crippen LogP contribution in [0, 0.1) is 6.92 Å². The van der Waals surface area contributed by atoms with Gasteiger partial charge >= 0.3 is 0 Å². The maximum absolute atomic E-state index is 12.3. The van der Waals surface area contributed by atoms with Gasteiger partial charge in [0.2, 0.25) is 0 Å². The SMILES string of the molecule is Cc1cccc(C(=O)Nc2ccc(C(=O)N/N=C/Cc3ccccc3)cc2)c1.